The van der Waals surface area contributed by atoms with Crippen LogP contribution in [0.4, 0.5) is 0 Å². The van der Waals surface area contributed by atoms with Gasteiger partial charge in [-0.05, 0) is 38.4 Å². The van der Waals surface area contributed by atoms with Gasteiger partial charge < -0.3 is 0 Å². The van der Waals surface area contributed by atoms with Crippen molar-refractivity contribution >= 4 is 0 Å². The molecule has 1 aromatic rings. The number of aryl methyl sites for hydroxylation is 1. The highest BCUT2D eigenvalue weighted by molar-refractivity contribution is 5.26. The van der Waals surface area contributed by atoms with E-state index in [1.54, 1.807) is 0 Å². The highest BCUT2D eigenvalue weighted by Gasteiger charge is 2.09. The van der Waals surface area contributed by atoms with Crippen molar-refractivity contribution in [3.05, 3.63) is 35.4 Å². The van der Waals surface area contributed by atoms with E-state index in [0.29, 0.717) is 12.6 Å². The van der Waals surface area contributed by atoms with Crippen LogP contribution < -0.4 is 0 Å². The molecule has 0 saturated carbocycles. The molecule has 0 N–H and O–H groups in total. The lowest BCUT2D eigenvalue weighted by Crippen LogP contribution is -2.31. The molecule has 0 aliphatic rings. The molecule has 0 heterocycles. The molecule has 0 spiro atoms. The summed E-state index contributed by atoms with van der Waals surface area (Å²) >= 11 is 0. The van der Waals surface area contributed by atoms with Gasteiger partial charge in [0.05, 0.1) is 6.54 Å². The van der Waals surface area contributed by atoms with Crippen molar-refractivity contribution < 1.29 is 0 Å². The summed E-state index contributed by atoms with van der Waals surface area (Å²) in [5.74, 6) is 2.67. The highest BCUT2D eigenvalue weighted by atomic mass is 15.1. The third kappa shape index (κ3) is 3.42. The van der Waals surface area contributed by atoms with Crippen LogP contribution in [0.5, 0.6) is 0 Å². The summed E-state index contributed by atoms with van der Waals surface area (Å²) in [5, 5.41) is 0. The predicted octanol–water partition coefficient (Wildman–Crippen LogP) is 2.49. The van der Waals surface area contributed by atoms with Gasteiger partial charge >= 0.3 is 0 Å². The molecule has 1 aromatic carbocycles. The Hall–Kier alpha value is -1.26. The first-order chi connectivity index (χ1) is 7.15. The van der Waals surface area contributed by atoms with E-state index in [1.807, 2.05) is 0 Å². The van der Waals surface area contributed by atoms with Gasteiger partial charge in [-0.15, -0.1) is 6.42 Å². The number of likely N-dealkylation sites (N-methyl/N-ethyl adjacent to an activating group) is 1. The zero-order valence-corrected chi connectivity index (χ0v) is 9.83. The molecular weight excluding hydrogens is 182 g/mol. The fourth-order valence-corrected chi connectivity index (χ4v) is 1.61. The number of hydrogen-bond acceptors (Lipinski definition) is 1. The molecule has 1 unspecified atom stereocenters. The van der Waals surface area contributed by atoms with Crippen LogP contribution >= 0.6 is 0 Å². The Kier molecular flexibility index (Phi) is 4.39. The topological polar surface area (TPSA) is 3.24 Å². The lowest BCUT2D eigenvalue weighted by atomic mass is 10.0. The average Bonchev–Trinajstić information content (AvgIpc) is 2.21. The van der Waals surface area contributed by atoms with Crippen LogP contribution in [0.3, 0.4) is 0 Å². The van der Waals surface area contributed by atoms with E-state index >= 15 is 0 Å². The van der Waals surface area contributed by atoms with E-state index in [0.717, 1.165) is 6.42 Å². The summed E-state index contributed by atoms with van der Waals surface area (Å²) in [6.07, 6.45) is 6.36. The Morgan fingerprint density at radius 2 is 2.07 bits per heavy atom. The maximum absolute atomic E-state index is 5.30. The Bertz CT molecular complexity index is 349. The SMILES string of the molecule is C#CCN(C)C(C)Cc1ccccc1C. The Labute approximate surface area is 93.1 Å². The van der Waals surface area contributed by atoms with Gasteiger partial charge in [0, 0.05) is 6.04 Å². The van der Waals surface area contributed by atoms with E-state index in [9.17, 15) is 0 Å². The average molecular weight is 201 g/mol. The first kappa shape index (κ1) is 11.8. The second-order valence-electron chi connectivity index (χ2n) is 4.10. The number of terminal acetylenes is 1. The number of nitrogens with zero attached hydrogens (tertiary/aromatic N) is 1. The molecule has 0 amide bonds. The molecule has 15 heavy (non-hydrogen) atoms. The van der Waals surface area contributed by atoms with Crippen molar-refractivity contribution in [1.82, 2.24) is 4.90 Å². The van der Waals surface area contributed by atoms with Gasteiger partial charge in [0.2, 0.25) is 0 Å². The summed E-state index contributed by atoms with van der Waals surface area (Å²) in [6, 6.07) is 9.01. The van der Waals surface area contributed by atoms with Crippen LogP contribution in [0.25, 0.3) is 0 Å². The van der Waals surface area contributed by atoms with E-state index < -0.39 is 0 Å². The molecule has 0 radical (unpaired) electrons. The molecule has 0 aromatic heterocycles. The van der Waals surface area contributed by atoms with Crippen molar-refractivity contribution in [3.8, 4) is 12.3 Å². The number of rotatable bonds is 4. The van der Waals surface area contributed by atoms with Gasteiger partial charge in [0.15, 0.2) is 0 Å². The van der Waals surface area contributed by atoms with Crippen molar-refractivity contribution in [2.75, 3.05) is 13.6 Å². The zero-order valence-electron chi connectivity index (χ0n) is 9.83. The van der Waals surface area contributed by atoms with Gasteiger partial charge in [-0.25, -0.2) is 0 Å². The summed E-state index contributed by atoms with van der Waals surface area (Å²) in [6.45, 7) is 5.08. The molecule has 0 fully saturated rings. The van der Waals surface area contributed by atoms with Crippen LogP contribution in [0.15, 0.2) is 24.3 Å². The van der Waals surface area contributed by atoms with Crippen LogP contribution in [-0.4, -0.2) is 24.5 Å². The maximum atomic E-state index is 5.30. The Balaban J connectivity index is 2.63. The van der Waals surface area contributed by atoms with Gasteiger partial charge in [-0.2, -0.15) is 0 Å². The predicted molar refractivity (Wildman–Crippen MR) is 65.8 cm³/mol. The van der Waals surface area contributed by atoms with Crippen molar-refractivity contribution in [2.24, 2.45) is 0 Å². The first-order valence-electron chi connectivity index (χ1n) is 5.33. The molecule has 1 nitrogen and oxygen atoms in total. The van der Waals surface area contributed by atoms with Crippen LogP contribution in [0, 0.1) is 19.3 Å². The molecular formula is C14H19N. The summed E-state index contributed by atoms with van der Waals surface area (Å²) in [5.41, 5.74) is 2.77. The molecule has 0 aliphatic carbocycles. The first-order valence-corrected chi connectivity index (χ1v) is 5.33. The fraction of sp³-hybridized carbons (Fsp3) is 0.429. The quantitative estimate of drug-likeness (QED) is 0.676. The number of benzene rings is 1. The smallest absolute Gasteiger partial charge is 0.0598 e. The second kappa shape index (κ2) is 5.58. The van der Waals surface area contributed by atoms with Crippen LogP contribution in [0.1, 0.15) is 18.1 Å². The minimum absolute atomic E-state index is 0.488. The third-order valence-corrected chi connectivity index (χ3v) is 2.87. The number of hydrogen-bond donors (Lipinski definition) is 0. The van der Waals surface area contributed by atoms with E-state index in [2.05, 4.69) is 56.0 Å². The normalized spacial score (nSPS) is 12.5. The van der Waals surface area contributed by atoms with E-state index in [-0.39, 0.29) is 0 Å². The lowest BCUT2D eigenvalue weighted by molar-refractivity contribution is 0.287. The summed E-state index contributed by atoms with van der Waals surface area (Å²) in [4.78, 5) is 2.20. The summed E-state index contributed by atoms with van der Waals surface area (Å²) < 4.78 is 0. The molecule has 1 heteroatoms. The maximum Gasteiger partial charge on any atom is 0.0598 e. The molecule has 0 bridgehead atoms. The van der Waals surface area contributed by atoms with E-state index in [4.69, 9.17) is 6.42 Å². The van der Waals surface area contributed by atoms with E-state index in [1.165, 1.54) is 11.1 Å². The van der Waals surface area contributed by atoms with Crippen LogP contribution in [0.2, 0.25) is 0 Å². The minimum Gasteiger partial charge on any atom is -0.292 e. The Morgan fingerprint density at radius 1 is 1.40 bits per heavy atom. The lowest BCUT2D eigenvalue weighted by Gasteiger charge is -2.23. The van der Waals surface area contributed by atoms with Crippen molar-refractivity contribution in [3.63, 3.8) is 0 Å². The monoisotopic (exact) mass is 201 g/mol. The zero-order chi connectivity index (χ0) is 11.3. The molecule has 0 aliphatic heterocycles. The molecule has 1 atom stereocenters. The van der Waals surface area contributed by atoms with Gasteiger partial charge in [0.25, 0.3) is 0 Å². The van der Waals surface area contributed by atoms with Gasteiger partial charge in [0.1, 0.15) is 0 Å². The van der Waals surface area contributed by atoms with Crippen molar-refractivity contribution in [2.45, 2.75) is 26.3 Å². The highest BCUT2D eigenvalue weighted by Crippen LogP contribution is 2.11. The Morgan fingerprint density at radius 3 is 2.67 bits per heavy atom. The standard InChI is InChI=1S/C14H19N/c1-5-10-15(4)13(3)11-14-9-7-6-8-12(14)2/h1,6-9,13H,10-11H2,2-4H3. The second-order valence-corrected chi connectivity index (χ2v) is 4.10. The molecule has 1 rings (SSSR count). The van der Waals surface area contributed by atoms with Gasteiger partial charge in [-0.1, -0.05) is 30.2 Å². The minimum atomic E-state index is 0.488. The van der Waals surface area contributed by atoms with Gasteiger partial charge in [-0.3, -0.25) is 4.90 Å². The largest absolute Gasteiger partial charge is 0.292 e. The molecule has 0 saturated heterocycles. The molecule has 80 valence electrons. The van der Waals surface area contributed by atoms with Crippen molar-refractivity contribution in [1.29, 1.82) is 0 Å². The summed E-state index contributed by atoms with van der Waals surface area (Å²) in [7, 11) is 2.07. The third-order valence-electron chi connectivity index (χ3n) is 2.87. The van der Waals surface area contributed by atoms with Crippen LogP contribution in [-0.2, 0) is 6.42 Å². The fourth-order valence-electron chi connectivity index (χ4n) is 1.61.